The van der Waals surface area contributed by atoms with Crippen LogP contribution in [0.2, 0.25) is 0 Å². The summed E-state index contributed by atoms with van der Waals surface area (Å²) < 4.78 is 5.55. The second kappa shape index (κ2) is 5.32. The molecule has 0 aliphatic carbocycles. The quantitative estimate of drug-likeness (QED) is 0.713. The predicted molar refractivity (Wildman–Crippen MR) is 54.9 cm³/mol. The fraction of sp³-hybridized carbons (Fsp3) is 0.900. The van der Waals surface area contributed by atoms with Crippen LogP contribution in [0.5, 0.6) is 0 Å². The Balaban J connectivity index is 2.43. The van der Waals surface area contributed by atoms with Crippen LogP contribution >= 0.6 is 0 Å². The lowest BCUT2D eigenvalue weighted by molar-refractivity contribution is -0.124. The summed E-state index contributed by atoms with van der Waals surface area (Å²) >= 11 is 0. The summed E-state index contributed by atoms with van der Waals surface area (Å²) in [6, 6.07) is -0.168. The smallest absolute Gasteiger partial charge is 0.234 e. The van der Waals surface area contributed by atoms with E-state index in [4.69, 9.17) is 10.5 Å². The number of nitrogens with two attached hydrogens (primary N) is 1. The van der Waals surface area contributed by atoms with E-state index in [1.807, 2.05) is 13.8 Å². The Kier molecular flexibility index (Phi) is 4.35. The first-order valence-electron chi connectivity index (χ1n) is 5.30. The third-order valence-electron chi connectivity index (χ3n) is 2.77. The molecule has 0 aromatic rings. The van der Waals surface area contributed by atoms with Gasteiger partial charge in [-0.3, -0.25) is 9.69 Å². The molecule has 1 rings (SSSR count). The zero-order valence-corrected chi connectivity index (χ0v) is 9.03. The van der Waals surface area contributed by atoms with Crippen molar-refractivity contribution in [3.05, 3.63) is 0 Å². The first kappa shape index (κ1) is 11.5. The Morgan fingerprint density at radius 2 is 2.43 bits per heavy atom. The maximum Gasteiger partial charge on any atom is 0.234 e. The largest absolute Gasteiger partial charge is 0.377 e. The van der Waals surface area contributed by atoms with Crippen LogP contribution in [0.3, 0.4) is 0 Å². The fourth-order valence-corrected chi connectivity index (χ4v) is 1.87. The van der Waals surface area contributed by atoms with Crippen molar-refractivity contribution in [2.75, 3.05) is 19.7 Å². The summed E-state index contributed by atoms with van der Waals surface area (Å²) in [5, 5.41) is 0. The van der Waals surface area contributed by atoms with Crippen LogP contribution in [0.1, 0.15) is 26.7 Å². The van der Waals surface area contributed by atoms with Gasteiger partial charge in [-0.05, 0) is 33.2 Å². The molecule has 0 saturated carbocycles. The maximum atomic E-state index is 11.0. The molecule has 0 aromatic carbocycles. The van der Waals surface area contributed by atoms with Crippen molar-refractivity contribution in [3.63, 3.8) is 0 Å². The van der Waals surface area contributed by atoms with Gasteiger partial charge < -0.3 is 10.5 Å². The van der Waals surface area contributed by atoms with Crippen molar-refractivity contribution in [1.29, 1.82) is 0 Å². The molecular formula is C10H20N2O2. The number of nitrogens with zero attached hydrogens (tertiary/aromatic N) is 1. The van der Waals surface area contributed by atoms with E-state index in [9.17, 15) is 4.79 Å². The van der Waals surface area contributed by atoms with Crippen molar-refractivity contribution in [3.8, 4) is 0 Å². The number of piperidine rings is 1. The third kappa shape index (κ3) is 2.96. The molecule has 14 heavy (non-hydrogen) atoms. The van der Waals surface area contributed by atoms with Gasteiger partial charge in [-0.15, -0.1) is 0 Å². The molecule has 1 aliphatic rings. The van der Waals surface area contributed by atoms with Gasteiger partial charge in [-0.1, -0.05) is 0 Å². The standard InChI is InChI=1S/C10H20N2O2/c1-3-14-9-5-4-6-12(7-9)8(2)10(11)13/h8-9H,3-7H2,1-2H3,(H2,11,13). The number of ether oxygens (including phenoxy) is 1. The summed E-state index contributed by atoms with van der Waals surface area (Å²) in [5.74, 6) is -0.248. The molecule has 4 nitrogen and oxygen atoms in total. The molecule has 2 unspecified atom stereocenters. The van der Waals surface area contributed by atoms with Crippen LogP contribution in [0.15, 0.2) is 0 Å². The topological polar surface area (TPSA) is 55.6 Å². The van der Waals surface area contributed by atoms with Crippen molar-refractivity contribution >= 4 is 5.91 Å². The SMILES string of the molecule is CCOC1CCCN(C(C)C(N)=O)C1. The molecule has 4 heteroatoms. The highest BCUT2D eigenvalue weighted by atomic mass is 16.5. The second-order valence-electron chi connectivity index (χ2n) is 3.79. The molecule has 1 aliphatic heterocycles. The summed E-state index contributed by atoms with van der Waals surface area (Å²) in [6.45, 7) is 6.38. The van der Waals surface area contributed by atoms with E-state index in [1.54, 1.807) is 0 Å². The van der Waals surface area contributed by atoms with Gasteiger partial charge in [0.05, 0.1) is 12.1 Å². The van der Waals surface area contributed by atoms with Crippen LogP contribution in [0.25, 0.3) is 0 Å². The molecule has 1 amide bonds. The van der Waals surface area contributed by atoms with Gasteiger partial charge in [0.1, 0.15) is 0 Å². The maximum absolute atomic E-state index is 11.0. The van der Waals surface area contributed by atoms with Crippen molar-refractivity contribution in [2.45, 2.75) is 38.8 Å². The minimum atomic E-state index is -0.248. The average molecular weight is 200 g/mol. The van der Waals surface area contributed by atoms with Crippen LogP contribution in [-0.2, 0) is 9.53 Å². The van der Waals surface area contributed by atoms with E-state index in [2.05, 4.69) is 4.90 Å². The number of carbonyl (C=O) groups excluding carboxylic acids is 1. The van der Waals surface area contributed by atoms with Crippen molar-refractivity contribution < 1.29 is 9.53 Å². The van der Waals surface area contributed by atoms with Gasteiger partial charge in [0.25, 0.3) is 0 Å². The summed E-state index contributed by atoms with van der Waals surface area (Å²) in [5.41, 5.74) is 5.26. The molecule has 0 spiro atoms. The molecule has 2 atom stereocenters. The first-order valence-corrected chi connectivity index (χ1v) is 5.30. The predicted octanol–water partition coefficient (Wildman–Crippen LogP) is 0.361. The highest BCUT2D eigenvalue weighted by Gasteiger charge is 2.26. The summed E-state index contributed by atoms with van der Waals surface area (Å²) in [6.07, 6.45) is 2.45. The lowest BCUT2D eigenvalue weighted by Gasteiger charge is -2.35. The van der Waals surface area contributed by atoms with Crippen LogP contribution < -0.4 is 5.73 Å². The van der Waals surface area contributed by atoms with E-state index < -0.39 is 0 Å². The number of primary amides is 1. The molecule has 1 heterocycles. The van der Waals surface area contributed by atoms with Gasteiger partial charge in [0.2, 0.25) is 5.91 Å². The minimum absolute atomic E-state index is 0.168. The number of amides is 1. The van der Waals surface area contributed by atoms with Crippen LogP contribution in [0, 0.1) is 0 Å². The van der Waals surface area contributed by atoms with E-state index in [0.717, 1.165) is 32.5 Å². The molecule has 0 aromatic heterocycles. The molecular weight excluding hydrogens is 180 g/mol. The number of rotatable bonds is 4. The van der Waals surface area contributed by atoms with Crippen LogP contribution in [-0.4, -0.2) is 42.6 Å². The highest BCUT2D eigenvalue weighted by Crippen LogP contribution is 2.15. The van der Waals surface area contributed by atoms with E-state index in [1.165, 1.54) is 0 Å². The Bertz CT molecular complexity index is 195. The lowest BCUT2D eigenvalue weighted by atomic mass is 10.1. The van der Waals surface area contributed by atoms with Crippen LogP contribution in [0.4, 0.5) is 0 Å². The number of hydrogen-bond acceptors (Lipinski definition) is 3. The normalized spacial score (nSPS) is 26.0. The zero-order chi connectivity index (χ0) is 10.6. The molecule has 0 radical (unpaired) electrons. The Labute approximate surface area is 85.4 Å². The molecule has 82 valence electrons. The lowest BCUT2D eigenvalue weighted by Crippen LogP contribution is -2.49. The monoisotopic (exact) mass is 200 g/mol. The summed E-state index contributed by atoms with van der Waals surface area (Å²) in [7, 11) is 0. The Morgan fingerprint density at radius 3 is 3.00 bits per heavy atom. The fourth-order valence-electron chi connectivity index (χ4n) is 1.87. The zero-order valence-electron chi connectivity index (χ0n) is 9.03. The minimum Gasteiger partial charge on any atom is -0.377 e. The average Bonchev–Trinajstić information content (AvgIpc) is 2.17. The van der Waals surface area contributed by atoms with E-state index in [0.29, 0.717) is 0 Å². The number of carbonyl (C=O) groups is 1. The second-order valence-corrected chi connectivity index (χ2v) is 3.79. The van der Waals surface area contributed by atoms with E-state index in [-0.39, 0.29) is 18.1 Å². The van der Waals surface area contributed by atoms with E-state index >= 15 is 0 Å². The molecule has 0 bridgehead atoms. The first-order chi connectivity index (χ1) is 6.65. The van der Waals surface area contributed by atoms with Gasteiger partial charge in [-0.2, -0.15) is 0 Å². The molecule has 1 fully saturated rings. The van der Waals surface area contributed by atoms with Gasteiger partial charge in [-0.25, -0.2) is 0 Å². The molecule has 2 N–H and O–H groups in total. The van der Waals surface area contributed by atoms with Crippen molar-refractivity contribution in [1.82, 2.24) is 4.90 Å². The Hall–Kier alpha value is -0.610. The Morgan fingerprint density at radius 1 is 1.71 bits per heavy atom. The number of hydrogen-bond donors (Lipinski definition) is 1. The van der Waals surface area contributed by atoms with Gasteiger partial charge in [0.15, 0.2) is 0 Å². The van der Waals surface area contributed by atoms with Gasteiger partial charge >= 0.3 is 0 Å². The van der Waals surface area contributed by atoms with Gasteiger partial charge in [0, 0.05) is 13.2 Å². The van der Waals surface area contributed by atoms with Crippen molar-refractivity contribution in [2.24, 2.45) is 5.73 Å². The summed E-state index contributed by atoms with van der Waals surface area (Å²) in [4.78, 5) is 13.1. The number of likely N-dealkylation sites (tertiary alicyclic amines) is 1. The highest BCUT2D eigenvalue weighted by molar-refractivity contribution is 5.79. The third-order valence-corrected chi connectivity index (χ3v) is 2.77. The molecule has 1 saturated heterocycles.